The van der Waals surface area contributed by atoms with Crippen molar-refractivity contribution in [1.82, 2.24) is 10.2 Å². The molecule has 0 saturated heterocycles. The molecule has 138 valence electrons. The van der Waals surface area contributed by atoms with Gasteiger partial charge in [0.15, 0.2) is 0 Å². The molecule has 1 aliphatic heterocycles. The van der Waals surface area contributed by atoms with Gasteiger partial charge in [-0.1, -0.05) is 37.3 Å². The molecular formula is C20H30N2O3. The minimum absolute atomic E-state index is 0. The van der Waals surface area contributed by atoms with Crippen LogP contribution >= 0.6 is 0 Å². The summed E-state index contributed by atoms with van der Waals surface area (Å²) >= 11 is 0. The van der Waals surface area contributed by atoms with Gasteiger partial charge in [-0.05, 0) is 38.2 Å². The van der Waals surface area contributed by atoms with Crippen LogP contribution in [0.15, 0.2) is 36.4 Å². The number of imide groups is 1. The Morgan fingerprint density at radius 2 is 1.68 bits per heavy atom. The monoisotopic (exact) mass is 346 g/mol. The number of aryl methyl sites for hydroxylation is 2. The molecule has 5 nitrogen and oxygen atoms in total. The van der Waals surface area contributed by atoms with Crippen molar-refractivity contribution < 1.29 is 15.8 Å². The van der Waals surface area contributed by atoms with E-state index in [1.54, 1.807) is 0 Å². The molecule has 1 N–H and O–H groups in total. The first-order valence-electron chi connectivity index (χ1n) is 8.42. The third-order valence-corrected chi connectivity index (χ3v) is 4.02. The van der Waals surface area contributed by atoms with Gasteiger partial charge in [-0.25, -0.2) is 0 Å². The zero-order valence-corrected chi connectivity index (χ0v) is 14.1. The predicted octanol–water partition coefficient (Wildman–Crippen LogP) is 3.02. The summed E-state index contributed by atoms with van der Waals surface area (Å²) in [5, 5.41) is 2.88. The minimum atomic E-state index is -0.250. The fourth-order valence-electron chi connectivity index (χ4n) is 2.57. The van der Waals surface area contributed by atoms with E-state index in [9.17, 15) is 14.4 Å². The molecule has 0 aromatic heterocycles. The van der Waals surface area contributed by atoms with Gasteiger partial charge in [-0.15, -0.1) is 0 Å². The standard InChI is InChI=1S/C19H24N2O3.CH4.H2/c1-15-7-9-16(10-8-15)5-4-6-17(22)20-13-2-3-14-21-18(23)11-12-19(21)24;;/h7-12H,2-6,13-14H2,1H3,(H,20,22);1H4;1H. The van der Waals surface area contributed by atoms with Gasteiger partial charge in [-0.2, -0.15) is 0 Å². The Hall–Kier alpha value is -2.43. The topological polar surface area (TPSA) is 66.5 Å². The Bertz CT molecular complexity index is 608. The van der Waals surface area contributed by atoms with Gasteiger partial charge in [-0.3, -0.25) is 19.3 Å². The fourth-order valence-corrected chi connectivity index (χ4v) is 2.57. The van der Waals surface area contributed by atoms with E-state index in [1.165, 1.54) is 28.2 Å². The Morgan fingerprint density at radius 3 is 2.32 bits per heavy atom. The smallest absolute Gasteiger partial charge is 0.253 e. The van der Waals surface area contributed by atoms with Crippen LogP contribution in [0.5, 0.6) is 0 Å². The highest BCUT2D eigenvalue weighted by Crippen LogP contribution is 2.07. The Kier molecular flexibility index (Phi) is 8.61. The van der Waals surface area contributed by atoms with Gasteiger partial charge in [0.25, 0.3) is 11.8 Å². The zero-order chi connectivity index (χ0) is 17.4. The van der Waals surface area contributed by atoms with Crippen LogP contribution in [-0.4, -0.2) is 35.7 Å². The molecule has 1 aliphatic rings. The van der Waals surface area contributed by atoms with Crippen LogP contribution in [0.2, 0.25) is 0 Å². The highest BCUT2D eigenvalue weighted by atomic mass is 16.2. The summed E-state index contributed by atoms with van der Waals surface area (Å²) in [7, 11) is 0. The summed E-state index contributed by atoms with van der Waals surface area (Å²) in [6.07, 6.45) is 6.28. The summed E-state index contributed by atoms with van der Waals surface area (Å²) in [5.41, 5.74) is 2.49. The van der Waals surface area contributed by atoms with Crippen molar-refractivity contribution in [2.75, 3.05) is 13.1 Å². The Morgan fingerprint density at radius 1 is 1.04 bits per heavy atom. The second-order valence-corrected chi connectivity index (χ2v) is 6.06. The largest absolute Gasteiger partial charge is 0.356 e. The van der Waals surface area contributed by atoms with E-state index in [2.05, 4.69) is 36.5 Å². The Balaban J connectivity index is 0.00000312. The molecule has 1 aromatic carbocycles. The lowest BCUT2D eigenvalue weighted by Gasteiger charge is -2.13. The van der Waals surface area contributed by atoms with E-state index >= 15 is 0 Å². The lowest BCUT2D eigenvalue weighted by atomic mass is 10.1. The van der Waals surface area contributed by atoms with E-state index in [-0.39, 0.29) is 26.6 Å². The first-order valence-corrected chi connectivity index (χ1v) is 8.42. The summed E-state index contributed by atoms with van der Waals surface area (Å²) in [6, 6.07) is 8.37. The van der Waals surface area contributed by atoms with Crippen LogP contribution in [0.4, 0.5) is 0 Å². The lowest BCUT2D eigenvalue weighted by Crippen LogP contribution is -2.31. The number of benzene rings is 1. The van der Waals surface area contributed by atoms with Gasteiger partial charge >= 0.3 is 0 Å². The summed E-state index contributed by atoms with van der Waals surface area (Å²) in [5.74, 6) is -0.447. The number of unbranched alkanes of at least 4 members (excludes halogenated alkanes) is 1. The average Bonchev–Trinajstić information content (AvgIpc) is 2.88. The Labute approximate surface area is 151 Å². The molecule has 0 unspecified atom stereocenters. The van der Waals surface area contributed by atoms with E-state index in [4.69, 9.17) is 0 Å². The van der Waals surface area contributed by atoms with Crippen molar-refractivity contribution in [1.29, 1.82) is 0 Å². The highest BCUT2D eigenvalue weighted by molar-refractivity contribution is 6.12. The molecule has 0 bridgehead atoms. The first kappa shape index (κ1) is 20.6. The lowest BCUT2D eigenvalue weighted by molar-refractivity contribution is -0.136. The number of hydrogen-bond donors (Lipinski definition) is 1. The number of carbonyl (C=O) groups is 3. The van der Waals surface area contributed by atoms with Crippen molar-refractivity contribution in [3.8, 4) is 0 Å². The molecule has 5 heteroatoms. The van der Waals surface area contributed by atoms with Crippen LogP contribution in [0, 0.1) is 6.92 Å². The maximum atomic E-state index is 11.8. The van der Waals surface area contributed by atoms with E-state index in [0.717, 1.165) is 19.3 Å². The molecule has 0 fully saturated rings. The number of nitrogens with one attached hydrogen (secondary N) is 1. The van der Waals surface area contributed by atoms with Crippen molar-refractivity contribution >= 4 is 17.7 Å². The molecule has 3 amide bonds. The van der Waals surface area contributed by atoms with Crippen molar-refractivity contribution in [2.45, 2.75) is 46.5 Å². The SMILES string of the molecule is C.Cc1ccc(CCCC(=O)NCCCCN2C(=O)C=CC2=O)cc1.[HH]. The summed E-state index contributed by atoms with van der Waals surface area (Å²) in [6.45, 7) is 3.05. The van der Waals surface area contributed by atoms with Crippen molar-refractivity contribution in [3.63, 3.8) is 0 Å². The molecule has 0 saturated carbocycles. The van der Waals surface area contributed by atoms with E-state index in [1.807, 2.05) is 0 Å². The number of amides is 3. The van der Waals surface area contributed by atoms with Crippen LogP contribution in [0.3, 0.4) is 0 Å². The second kappa shape index (κ2) is 10.4. The van der Waals surface area contributed by atoms with Gasteiger partial charge in [0.2, 0.25) is 5.91 Å². The van der Waals surface area contributed by atoms with Gasteiger partial charge in [0.1, 0.15) is 0 Å². The normalized spacial score (nSPS) is 13.1. The van der Waals surface area contributed by atoms with Gasteiger partial charge in [0.05, 0.1) is 0 Å². The van der Waals surface area contributed by atoms with Crippen LogP contribution in [0.1, 0.15) is 45.7 Å². The summed E-state index contributed by atoms with van der Waals surface area (Å²) in [4.78, 5) is 35.7. The third kappa shape index (κ3) is 6.91. The number of carbonyl (C=O) groups excluding carboxylic acids is 3. The van der Waals surface area contributed by atoms with E-state index in [0.29, 0.717) is 25.9 Å². The molecule has 25 heavy (non-hydrogen) atoms. The molecule has 0 aliphatic carbocycles. The fraction of sp³-hybridized carbons (Fsp3) is 0.450. The quantitative estimate of drug-likeness (QED) is 0.552. The third-order valence-electron chi connectivity index (χ3n) is 4.02. The van der Waals surface area contributed by atoms with Crippen molar-refractivity contribution in [3.05, 3.63) is 47.5 Å². The molecule has 0 atom stereocenters. The maximum Gasteiger partial charge on any atom is 0.253 e. The maximum absolute atomic E-state index is 11.8. The summed E-state index contributed by atoms with van der Waals surface area (Å²) < 4.78 is 0. The average molecular weight is 346 g/mol. The molecule has 0 radical (unpaired) electrons. The molecular weight excluding hydrogens is 316 g/mol. The van der Waals surface area contributed by atoms with E-state index < -0.39 is 0 Å². The molecule has 1 heterocycles. The first-order chi connectivity index (χ1) is 11.6. The van der Waals surface area contributed by atoms with Crippen molar-refractivity contribution in [2.24, 2.45) is 0 Å². The van der Waals surface area contributed by atoms with Gasteiger partial charge in [0, 0.05) is 33.1 Å². The molecule has 0 spiro atoms. The number of nitrogens with zero attached hydrogens (tertiary/aromatic N) is 1. The second-order valence-electron chi connectivity index (χ2n) is 6.06. The number of rotatable bonds is 9. The van der Waals surface area contributed by atoms with Crippen LogP contribution < -0.4 is 5.32 Å². The minimum Gasteiger partial charge on any atom is -0.356 e. The highest BCUT2D eigenvalue weighted by Gasteiger charge is 2.22. The zero-order valence-electron chi connectivity index (χ0n) is 14.1. The van der Waals surface area contributed by atoms with Gasteiger partial charge < -0.3 is 5.32 Å². The number of hydrogen-bond acceptors (Lipinski definition) is 3. The molecule has 2 rings (SSSR count). The molecule has 1 aromatic rings. The predicted molar refractivity (Wildman–Crippen MR) is 101 cm³/mol. The van der Waals surface area contributed by atoms with Crippen LogP contribution in [0.25, 0.3) is 0 Å². The van der Waals surface area contributed by atoms with Crippen LogP contribution in [-0.2, 0) is 20.8 Å².